The van der Waals surface area contributed by atoms with Gasteiger partial charge in [0.25, 0.3) is 0 Å². The van der Waals surface area contributed by atoms with Crippen molar-refractivity contribution >= 4 is 34.6 Å². The van der Waals surface area contributed by atoms with Gasteiger partial charge in [-0.1, -0.05) is 11.6 Å². The summed E-state index contributed by atoms with van der Waals surface area (Å²) in [4.78, 5) is 4.57. The highest BCUT2D eigenvalue weighted by Gasteiger charge is 2.19. The molecule has 116 valence electrons. The standard InChI is InChI=1S/C16H18ClN3OS/c17-13-3-5-14(6-4-13)18-16(22)20-9-7-19(8-10-20)12-15-2-1-11-21-15/h1-6,11H,7-10,12H2,(H,18,22). The van der Waals surface area contributed by atoms with E-state index in [-0.39, 0.29) is 0 Å². The monoisotopic (exact) mass is 335 g/mol. The van der Waals surface area contributed by atoms with E-state index in [0.717, 1.165) is 54.3 Å². The number of piperazine rings is 1. The van der Waals surface area contributed by atoms with Crippen molar-refractivity contribution in [1.29, 1.82) is 0 Å². The lowest BCUT2D eigenvalue weighted by atomic mass is 10.3. The SMILES string of the molecule is S=C(Nc1ccc(Cl)cc1)N1CCN(Cc2ccco2)CC1. The topological polar surface area (TPSA) is 31.6 Å². The van der Waals surface area contributed by atoms with E-state index in [1.807, 2.05) is 36.4 Å². The van der Waals surface area contributed by atoms with Crippen molar-refractivity contribution < 1.29 is 4.42 Å². The normalized spacial score (nSPS) is 15.8. The summed E-state index contributed by atoms with van der Waals surface area (Å²) in [6.45, 7) is 4.64. The molecule has 1 fully saturated rings. The Balaban J connectivity index is 1.48. The molecule has 0 radical (unpaired) electrons. The average molecular weight is 336 g/mol. The lowest BCUT2D eigenvalue weighted by molar-refractivity contribution is 0.166. The molecule has 1 aromatic carbocycles. The van der Waals surface area contributed by atoms with Crippen molar-refractivity contribution in [2.75, 3.05) is 31.5 Å². The molecule has 0 amide bonds. The van der Waals surface area contributed by atoms with Gasteiger partial charge >= 0.3 is 0 Å². The first-order valence-electron chi connectivity index (χ1n) is 7.27. The Hall–Kier alpha value is -1.56. The molecule has 1 aliphatic heterocycles. The van der Waals surface area contributed by atoms with Crippen molar-refractivity contribution in [3.63, 3.8) is 0 Å². The summed E-state index contributed by atoms with van der Waals surface area (Å²) in [5.41, 5.74) is 0.965. The second-order valence-corrected chi connectivity index (χ2v) is 6.10. The first-order chi connectivity index (χ1) is 10.7. The fraction of sp³-hybridized carbons (Fsp3) is 0.312. The van der Waals surface area contributed by atoms with Crippen molar-refractivity contribution in [2.24, 2.45) is 0 Å². The molecular formula is C16H18ClN3OS. The molecule has 6 heteroatoms. The lowest BCUT2D eigenvalue weighted by Gasteiger charge is -2.35. The molecule has 0 saturated carbocycles. The Kier molecular flexibility index (Phi) is 4.97. The summed E-state index contributed by atoms with van der Waals surface area (Å²) in [5.74, 6) is 1.01. The predicted molar refractivity (Wildman–Crippen MR) is 93.2 cm³/mol. The Morgan fingerprint density at radius 1 is 1.14 bits per heavy atom. The highest BCUT2D eigenvalue weighted by Crippen LogP contribution is 2.15. The number of rotatable bonds is 3. The van der Waals surface area contributed by atoms with Gasteiger partial charge in [0.1, 0.15) is 5.76 Å². The molecule has 22 heavy (non-hydrogen) atoms. The van der Waals surface area contributed by atoms with Gasteiger partial charge in [0.05, 0.1) is 12.8 Å². The summed E-state index contributed by atoms with van der Waals surface area (Å²) in [7, 11) is 0. The number of furan rings is 1. The molecule has 0 bridgehead atoms. The highest BCUT2D eigenvalue weighted by atomic mass is 35.5. The van der Waals surface area contributed by atoms with Crippen LogP contribution in [-0.2, 0) is 6.54 Å². The van der Waals surface area contributed by atoms with Crippen LogP contribution in [0.2, 0.25) is 5.02 Å². The zero-order chi connectivity index (χ0) is 15.4. The maximum absolute atomic E-state index is 5.89. The van der Waals surface area contributed by atoms with Gasteiger partial charge in [-0.3, -0.25) is 4.90 Å². The van der Waals surface area contributed by atoms with Crippen LogP contribution in [0.25, 0.3) is 0 Å². The van der Waals surface area contributed by atoms with Crippen LogP contribution in [0.5, 0.6) is 0 Å². The van der Waals surface area contributed by atoms with E-state index < -0.39 is 0 Å². The quantitative estimate of drug-likeness (QED) is 0.868. The molecule has 0 spiro atoms. The highest BCUT2D eigenvalue weighted by molar-refractivity contribution is 7.80. The number of hydrogen-bond acceptors (Lipinski definition) is 3. The number of hydrogen-bond donors (Lipinski definition) is 1. The third-order valence-corrected chi connectivity index (χ3v) is 4.33. The maximum atomic E-state index is 5.89. The third-order valence-electron chi connectivity index (χ3n) is 3.71. The maximum Gasteiger partial charge on any atom is 0.173 e. The Labute approximate surface area is 140 Å². The summed E-state index contributed by atoms with van der Waals surface area (Å²) < 4.78 is 5.39. The number of nitrogens with one attached hydrogen (secondary N) is 1. The molecular weight excluding hydrogens is 318 g/mol. The smallest absolute Gasteiger partial charge is 0.173 e. The van der Waals surface area contributed by atoms with Crippen LogP contribution >= 0.6 is 23.8 Å². The Morgan fingerprint density at radius 2 is 1.86 bits per heavy atom. The van der Waals surface area contributed by atoms with E-state index in [0.29, 0.717) is 0 Å². The van der Waals surface area contributed by atoms with Crippen LogP contribution in [0.15, 0.2) is 47.1 Å². The minimum absolute atomic E-state index is 0.725. The van der Waals surface area contributed by atoms with Crippen molar-refractivity contribution in [3.05, 3.63) is 53.4 Å². The number of thiocarbonyl (C=S) groups is 1. The van der Waals surface area contributed by atoms with E-state index in [1.165, 1.54) is 0 Å². The van der Waals surface area contributed by atoms with Gasteiger partial charge in [0.2, 0.25) is 0 Å². The average Bonchev–Trinajstić information content (AvgIpc) is 3.03. The van der Waals surface area contributed by atoms with Crippen LogP contribution in [0.3, 0.4) is 0 Å². The summed E-state index contributed by atoms with van der Waals surface area (Å²) in [6, 6.07) is 11.5. The molecule has 0 atom stereocenters. The van der Waals surface area contributed by atoms with Crippen LogP contribution in [0, 0.1) is 0 Å². The van der Waals surface area contributed by atoms with Crippen molar-refractivity contribution in [3.8, 4) is 0 Å². The van der Waals surface area contributed by atoms with Crippen LogP contribution in [0.4, 0.5) is 5.69 Å². The molecule has 1 saturated heterocycles. The van der Waals surface area contributed by atoms with Gasteiger partial charge in [-0.05, 0) is 48.6 Å². The van der Waals surface area contributed by atoms with Gasteiger partial charge in [-0.2, -0.15) is 0 Å². The molecule has 1 aliphatic rings. The lowest BCUT2D eigenvalue weighted by Crippen LogP contribution is -2.49. The number of benzene rings is 1. The van der Waals surface area contributed by atoms with Crippen molar-refractivity contribution in [2.45, 2.75) is 6.54 Å². The third kappa shape index (κ3) is 4.00. The van der Waals surface area contributed by atoms with Gasteiger partial charge < -0.3 is 14.6 Å². The van der Waals surface area contributed by atoms with Crippen LogP contribution in [-0.4, -0.2) is 41.1 Å². The molecule has 4 nitrogen and oxygen atoms in total. The second-order valence-electron chi connectivity index (χ2n) is 5.28. The number of anilines is 1. The molecule has 1 N–H and O–H groups in total. The minimum atomic E-state index is 0.725. The minimum Gasteiger partial charge on any atom is -0.468 e. The van der Waals surface area contributed by atoms with E-state index in [9.17, 15) is 0 Å². The van der Waals surface area contributed by atoms with E-state index in [4.69, 9.17) is 28.2 Å². The van der Waals surface area contributed by atoms with Gasteiger partial charge in [0, 0.05) is 36.9 Å². The largest absolute Gasteiger partial charge is 0.468 e. The Morgan fingerprint density at radius 3 is 2.50 bits per heavy atom. The second kappa shape index (κ2) is 7.13. The van der Waals surface area contributed by atoms with Gasteiger partial charge in [-0.25, -0.2) is 0 Å². The first-order valence-corrected chi connectivity index (χ1v) is 8.05. The van der Waals surface area contributed by atoms with E-state index >= 15 is 0 Å². The fourth-order valence-electron chi connectivity index (χ4n) is 2.47. The molecule has 1 aromatic heterocycles. The molecule has 0 unspecified atom stereocenters. The zero-order valence-corrected chi connectivity index (χ0v) is 13.7. The summed E-state index contributed by atoms with van der Waals surface area (Å²) >= 11 is 11.4. The van der Waals surface area contributed by atoms with E-state index in [1.54, 1.807) is 6.26 Å². The Bertz CT molecular complexity index is 607. The van der Waals surface area contributed by atoms with Gasteiger partial charge in [-0.15, -0.1) is 0 Å². The fourth-order valence-corrected chi connectivity index (χ4v) is 2.89. The first kappa shape index (κ1) is 15.3. The molecule has 2 aromatic rings. The molecule has 0 aliphatic carbocycles. The predicted octanol–water partition coefficient (Wildman–Crippen LogP) is 3.45. The van der Waals surface area contributed by atoms with Gasteiger partial charge in [0.15, 0.2) is 5.11 Å². The zero-order valence-electron chi connectivity index (χ0n) is 12.2. The molecule has 3 rings (SSSR count). The van der Waals surface area contributed by atoms with E-state index in [2.05, 4.69) is 15.1 Å². The number of nitrogens with zero attached hydrogens (tertiary/aromatic N) is 2. The summed E-state index contributed by atoms with van der Waals surface area (Å²) in [5, 5.41) is 4.75. The molecule has 2 heterocycles. The van der Waals surface area contributed by atoms with Crippen LogP contribution < -0.4 is 5.32 Å². The summed E-state index contributed by atoms with van der Waals surface area (Å²) in [6.07, 6.45) is 1.72. The number of halogens is 1. The van der Waals surface area contributed by atoms with Crippen LogP contribution in [0.1, 0.15) is 5.76 Å². The van der Waals surface area contributed by atoms with Crippen molar-refractivity contribution in [1.82, 2.24) is 9.80 Å².